The van der Waals surface area contributed by atoms with E-state index in [1.54, 1.807) is 0 Å². The molecule has 0 bridgehead atoms. The van der Waals surface area contributed by atoms with Crippen LogP contribution in [0.25, 0.3) is 0 Å². The largest absolute Gasteiger partial charge is 0.394 e. The monoisotopic (exact) mass is 318 g/mol. The predicted octanol–water partition coefficient (Wildman–Crippen LogP) is 3.80. The van der Waals surface area contributed by atoms with Crippen LogP contribution in [0.15, 0.2) is 0 Å². The molecule has 4 heteroatoms. The van der Waals surface area contributed by atoms with Gasteiger partial charge >= 0.3 is 0 Å². The topological polar surface area (TPSA) is 47.9 Å². The van der Waals surface area contributed by atoms with Crippen molar-refractivity contribution in [2.24, 2.45) is 5.41 Å². The zero-order valence-electron chi connectivity index (χ0n) is 15.9. The van der Waals surface area contributed by atoms with E-state index >= 15 is 0 Å². The van der Waals surface area contributed by atoms with E-state index in [-0.39, 0.29) is 35.9 Å². The third-order valence-corrected chi connectivity index (χ3v) is 4.26. The van der Waals surface area contributed by atoms with Crippen molar-refractivity contribution in [3.8, 4) is 0 Å². The molecule has 4 nitrogen and oxygen atoms in total. The molecular formula is C18H38O4. The Balaban J connectivity index is 4.28. The van der Waals surface area contributed by atoms with Gasteiger partial charge in [0.05, 0.1) is 43.7 Å². The maximum absolute atomic E-state index is 8.93. The number of hydrogen-bond donors (Lipinski definition) is 1. The minimum atomic E-state index is -0.157. The van der Waals surface area contributed by atoms with E-state index in [9.17, 15) is 0 Å². The van der Waals surface area contributed by atoms with E-state index in [0.717, 1.165) is 12.8 Å². The summed E-state index contributed by atoms with van der Waals surface area (Å²) in [6, 6.07) is 0. The Labute approximate surface area is 137 Å². The molecule has 0 radical (unpaired) electrons. The van der Waals surface area contributed by atoms with E-state index in [1.807, 2.05) is 13.8 Å². The van der Waals surface area contributed by atoms with Gasteiger partial charge in [-0.05, 0) is 39.5 Å². The molecule has 0 aromatic heterocycles. The van der Waals surface area contributed by atoms with E-state index in [2.05, 4.69) is 41.5 Å². The van der Waals surface area contributed by atoms with Crippen LogP contribution in [0.1, 0.15) is 68.2 Å². The molecular weight excluding hydrogens is 280 g/mol. The van der Waals surface area contributed by atoms with E-state index in [1.165, 1.54) is 0 Å². The highest BCUT2D eigenvalue weighted by Crippen LogP contribution is 2.38. The van der Waals surface area contributed by atoms with Crippen LogP contribution in [0.5, 0.6) is 0 Å². The summed E-state index contributed by atoms with van der Waals surface area (Å²) < 4.78 is 17.6. The van der Waals surface area contributed by atoms with E-state index in [0.29, 0.717) is 13.2 Å². The van der Waals surface area contributed by atoms with Gasteiger partial charge in [-0.2, -0.15) is 0 Å². The van der Waals surface area contributed by atoms with Gasteiger partial charge in [0.15, 0.2) is 0 Å². The summed E-state index contributed by atoms with van der Waals surface area (Å²) in [7, 11) is 0. The molecule has 0 fully saturated rings. The van der Waals surface area contributed by atoms with Crippen molar-refractivity contribution in [3.05, 3.63) is 0 Å². The van der Waals surface area contributed by atoms with Crippen molar-refractivity contribution in [2.75, 3.05) is 19.8 Å². The third kappa shape index (κ3) is 7.91. The maximum Gasteiger partial charge on any atom is 0.0788 e. The molecule has 4 atom stereocenters. The van der Waals surface area contributed by atoms with E-state index < -0.39 is 0 Å². The van der Waals surface area contributed by atoms with Gasteiger partial charge in [-0.15, -0.1) is 0 Å². The molecule has 0 aliphatic heterocycles. The van der Waals surface area contributed by atoms with Crippen molar-refractivity contribution in [3.63, 3.8) is 0 Å². The second-order valence-corrected chi connectivity index (χ2v) is 7.63. The summed E-state index contributed by atoms with van der Waals surface area (Å²) >= 11 is 0. The molecule has 4 unspecified atom stereocenters. The van der Waals surface area contributed by atoms with Crippen LogP contribution in [0.2, 0.25) is 0 Å². The summed E-state index contributed by atoms with van der Waals surface area (Å²) in [5.74, 6) is 0. The van der Waals surface area contributed by atoms with Crippen LogP contribution in [-0.2, 0) is 14.2 Å². The molecule has 0 aromatic carbocycles. The normalized spacial score (nSPS) is 19.5. The lowest BCUT2D eigenvalue weighted by Gasteiger charge is -2.43. The minimum absolute atomic E-state index is 0.00730. The van der Waals surface area contributed by atoms with Gasteiger partial charge < -0.3 is 19.3 Å². The van der Waals surface area contributed by atoms with Gasteiger partial charge in [0.1, 0.15) is 0 Å². The Morgan fingerprint density at radius 1 is 0.864 bits per heavy atom. The number of aliphatic hydroxyl groups excluding tert-OH is 1. The standard InChI is InChI=1S/C18H38O4/c1-9-10-18(8,17(5,6)7)22-16(4)13-21-15(3)12-20-14(2)11-19/h14-16,19H,9-13H2,1-8H3. The molecule has 0 aliphatic carbocycles. The molecule has 0 saturated carbocycles. The third-order valence-electron chi connectivity index (χ3n) is 4.26. The number of aliphatic hydroxyl groups is 1. The Kier molecular flexibility index (Phi) is 9.79. The van der Waals surface area contributed by atoms with Crippen molar-refractivity contribution in [1.29, 1.82) is 0 Å². The van der Waals surface area contributed by atoms with Crippen molar-refractivity contribution < 1.29 is 19.3 Å². The van der Waals surface area contributed by atoms with Crippen molar-refractivity contribution in [2.45, 2.75) is 92.1 Å². The van der Waals surface area contributed by atoms with Crippen LogP contribution >= 0.6 is 0 Å². The summed E-state index contributed by atoms with van der Waals surface area (Å²) in [6.45, 7) is 18.0. The van der Waals surface area contributed by atoms with Crippen molar-refractivity contribution in [1.82, 2.24) is 0 Å². The first kappa shape index (κ1) is 21.8. The first-order chi connectivity index (χ1) is 10.1. The fraction of sp³-hybridized carbons (Fsp3) is 1.00. The highest BCUT2D eigenvalue weighted by Gasteiger charge is 2.38. The van der Waals surface area contributed by atoms with Gasteiger partial charge in [-0.3, -0.25) is 0 Å². The van der Waals surface area contributed by atoms with Crippen LogP contribution in [0.3, 0.4) is 0 Å². The highest BCUT2D eigenvalue weighted by atomic mass is 16.6. The van der Waals surface area contributed by atoms with Crippen LogP contribution in [0.4, 0.5) is 0 Å². The van der Waals surface area contributed by atoms with Gasteiger partial charge in [0.25, 0.3) is 0 Å². The molecule has 134 valence electrons. The SMILES string of the molecule is CCCC(C)(OC(C)COC(C)COC(C)CO)C(C)(C)C. The Morgan fingerprint density at radius 3 is 1.82 bits per heavy atom. The second-order valence-electron chi connectivity index (χ2n) is 7.63. The van der Waals surface area contributed by atoms with Gasteiger partial charge in [0, 0.05) is 0 Å². The summed E-state index contributed by atoms with van der Waals surface area (Å²) in [5, 5.41) is 8.93. The van der Waals surface area contributed by atoms with Gasteiger partial charge in [-0.25, -0.2) is 0 Å². The lowest BCUT2D eigenvalue weighted by Crippen LogP contribution is -2.45. The fourth-order valence-electron chi connectivity index (χ4n) is 2.27. The molecule has 0 heterocycles. The van der Waals surface area contributed by atoms with Crippen LogP contribution < -0.4 is 0 Å². The first-order valence-corrected chi connectivity index (χ1v) is 8.57. The van der Waals surface area contributed by atoms with Gasteiger partial charge in [-0.1, -0.05) is 34.1 Å². The molecule has 0 rings (SSSR count). The molecule has 0 aromatic rings. The minimum Gasteiger partial charge on any atom is -0.394 e. The molecule has 0 saturated heterocycles. The smallest absolute Gasteiger partial charge is 0.0788 e. The van der Waals surface area contributed by atoms with Gasteiger partial charge in [0.2, 0.25) is 0 Å². The zero-order chi connectivity index (χ0) is 17.4. The summed E-state index contributed by atoms with van der Waals surface area (Å²) in [6.07, 6.45) is 2.02. The predicted molar refractivity (Wildman–Crippen MR) is 91.2 cm³/mol. The molecule has 22 heavy (non-hydrogen) atoms. The number of hydrogen-bond acceptors (Lipinski definition) is 4. The average Bonchev–Trinajstić information content (AvgIpc) is 2.41. The molecule has 1 N–H and O–H groups in total. The highest BCUT2D eigenvalue weighted by molar-refractivity contribution is 4.88. The summed E-state index contributed by atoms with van der Waals surface area (Å²) in [4.78, 5) is 0. The summed E-state index contributed by atoms with van der Waals surface area (Å²) in [5.41, 5.74) is -0.0712. The quantitative estimate of drug-likeness (QED) is 0.629. The average molecular weight is 318 g/mol. The Hall–Kier alpha value is -0.160. The Morgan fingerprint density at radius 2 is 1.36 bits per heavy atom. The fourth-order valence-corrected chi connectivity index (χ4v) is 2.27. The lowest BCUT2D eigenvalue weighted by atomic mass is 9.75. The van der Waals surface area contributed by atoms with E-state index in [4.69, 9.17) is 19.3 Å². The Bertz CT molecular complexity index is 287. The van der Waals surface area contributed by atoms with Crippen LogP contribution in [0, 0.1) is 5.41 Å². The second kappa shape index (κ2) is 9.86. The molecule has 0 spiro atoms. The zero-order valence-corrected chi connectivity index (χ0v) is 15.9. The van der Waals surface area contributed by atoms with Crippen molar-refractivity contribution >= 4 is 0 Å². The number of ether oxygens (including phenoxy) is 3. The maximum atomic E-state index is 8.93. The first-order valence-electron chi connectivity index (χ1n) is 8.57. The lowest BCUT2D eigenvalue weighted by molar-refractivity contribution is -0.165. The van der Waals surface area contributed by atoms with Crippen LogP contribution in [-0.4, -0.2) is 48.8 Å². The molecule has 0 amide bonds. The molecule has 0 aliphatic rings. The number of rotatable bonds is 11.